The van der Waals surface area contributed by atoms with E-state index in [-0.39, 0.29) is 18.0 Å². The van der Waals surface area contributed by atoms with Crippen molar-refractivity contribution in [1.82, 2.24) is 0 Å². The molecule has 0 aromatic heterocycles. The number of rotatable bonds is 18. The third-order valence-corrected chi connectivity index (χ3v) is 5.12. The standard InChI is InChI=1S/C24H44O4/c1-4-6-8-15-19-23(26)20-16-13-11-9-10-12-14-18-22(17-7-5-2)24(27)28-21(3)25/h13,16,22-23,26H,4-12,14-15,17-20H2,1-3H3/b16-13-/t22?,23-/m1/s1. The molecule has 0 spiro atoms. The minimum atomic E-state index is -0.510. The number of ether oxygens (including phenoxy) is 1. The number of esters is 2. The zero-order valence-corrected chi connectivity index (χ0v) is 18.6. The van der Waals surface area contributed by atoms with Crippen molar-refractivity contribution in [3.63, 3.8) is 0 Å². The first-order chi connectivity index (χ1) is 13.5. The summed E-state index contributed by atoms with van der Waals surface area (Å²) in [4.78, 5) is 23.0. The quantitative estimate of drug-likeness (QED) is 0.124. The van der Waals surface area contributed by atoms with E-state index >= 15 is 0 Å². The van der Waals surface area contributed by atoms with Crippen molar-refractivity contribution in [1.29, 1.82) is 0 Å². The molecular formula is C24H44O4. The molecule has 0 bridgehead atoms. The summed E-state index contributed by atoms with van der Waals surface area (Å²) >= 11 is 0. The average Bonchev–Trinajstić information content (AvgIpc) is 2.65. The van der Waals surface area contributed by atoms with Crippen molar-refractivity contribution in [3.05, 3.63) is 12.2 Å². The zero-order valence-electron chi connectivity index (χ0n) is 18.6. The van der Waals surface area contributed by atoms with Crippen LogP contribution in [0.25, 0.3) is 0 Å². The van der Waals surface area contributed by atoms with E-state index in [2.05, 4.69) is 26.0 Å². The van der Waals surface area contributed by atoms with E-state index in [0.29, 0.717) is 0 Å². The predicted molar refractivity (Wildman–Crippen MR) is 116 cm³/mol. The highest BCUT2D eigenvalue weighted by Gasteiger charge is 2.20. The van der Waals surface area contributed by atoms with E-state index < -0.39 is 5.97 Å². The number of hydrogen-bond acceptors (Lipinski definition) is 4. The molecular weight excluding hydrogens is 352 g/mol. The van der Waals surface area contributed by atoms with Gasteiger partial charge in [0.25, 0.3) is 0 Å². The molecule has 2 atom stereocenters. The minimum absolute atomic E-state index is 0.137. The van der Waals surface area contributed by atoms with Crippen LogP contribution in [0.4, 0.5) is 0 Å². The predicted octanol–water partition coefficient (Wildman–Crippen LogP) is 6.50. The third-order valence-electron chi connectivity index (χ3n) is 5.12. The van der Waals surface area contributed by atoms with Gasteiger partial charge in [-0.05, 0) is 38.5 Å². The molecule has 4 heteroatoms. The number of unbranched alkanes of at least 4 members (excludes halogenated alkanes) is 8. The second-order valence-corrected chi connectivity index (χ2v) is 7.95. The summed E-state index contributed by atoms with van der Waals surface area (Å²) in [5.41, 5.74) is 0. The SMILES string of the molecule is CCCCCC[C@@H](O)C/C=C\CCCCCCC(CCCC)C(=O)OC(C)=O. The van der Waals surface area contributed by atoms with Gasteiger partial charge < -0.3 is 9.84 Å². The number of hydrogen-bond donors (Lipinski definition) is 1. The summed E-state index contributed by atoms with van der Waals surface area (Å²) in [6.07, 6.45) is 19.7. The molecule has 0 aliphatic rings. The lowest BCUT2D eigenvalue weighted by molar-refractivity contribution is -0.161. The zero-order chi connectivity index (χ0) is 21.0. The van der Waals surface area contributed by atoms with Crippen LogP contribution in [0.5, 0.6) is 0 Å². The molecule has 0 aromatic carbocycles. The molecule has 0 saturated heterocycles. The molecule has 4 nitrogen and oxygen atoms in total. The number of aliphatic hydroxyl groups is 1. The third kappa shape index (κ3) is 17.0. The molecule has 0 fully saturated rings. The van der Waals surface area contributed by atoms with E-state index in [1.165, 1.54) is 26.2 Å². The molecule has 0 saturated carbocycles. The van der Waals surface area contributed by atoms with Crippen LogP contribution in [-0.2, 0) is 14.3 Å². The fourth-order valence-corrected chi connectivity index (χ4v) is 3.36. The van der Waals surface area contributed by atoms with Gasteiger partial charge in [-0.3, -0.25) is 9.59 Å². The Morgan fingerprint density at radius 2 is 1.43 bits per heavy atom. The molecule has 0 aromatic rings. The summed E-state index contributed by atoms with van der Waals surface area (Å²) in [6, 6.07) is 0. The highest BCUT2D eigenvalue weighted by atomic mass is 16.6. The van der Waals surface area contributed by atoms with Crippen LogP contribution >= 0.6 is 0 Å². The summed E-state index contributed by atoms with van der Waals surface area (Å²) < 4.78 is 4.78. The van der Waals surface area contributed by atoms with Gasteiger partial charge in [-0.2, -0.15) is 0 Å². The fourth-order valence-electron chi connectivity index (χ4n) is 3.36. The summed E-state index contributed by atoms with van der Waals surface area (Å²) in [7, 11) is 0. The number of carbonyl (C=O) groups excluding carboxylic acids is 2. The Balaban J connectivity index is 3.76. The van der Waals surface area contributed by atoms with Crippen molar-refractivity contribution < 1.29 is 19.4 Å². The minimum Gasteiger partial charge on any atom is -0.393 e. The molecule has 0 rings (SSSR count). The first-order valence-electron chi connectivity index (χ1n) is 11.6. The van der Waals surface area contributed by atoms with Crippen molar-refractivity contribution in [2.24, 2.45) is 5.92 Å². The molecule has 28 heavy (non-hydrogen) atoms. The van der Waals surface area contributed by atoms with Crippen LogP contribution in [0.2, 0.25) is 0 Å². The monoisotopic (exact) mass is 396 g/mol. The lowest BCUT2D eigenvalue weighted by atomic mass is 9.95. The number of allylic oxidation sites excluding steroid dienone is 1. The lowest BCUT2D eigenvalue weighted by Crippen LogP contribution is -2.20. The Hall–Kier alpha value is -1.16. The molecule has 0 radical (unpaired) electrons. The Bertz CT molecular complexity index is 417. The maximum atomic E-state index is 12.0. The summed E-state index contributed by atoms with van der Waals surface area (Å²) in [5, 5.41) is 9.92. The Labute approximate surface area is 173 Å². The van der Waals surface area contributed by atoms with Crippen LogP contribution < -0.4 is 0 Å². The van der Waals surface area contributed by atoms with Gasteiger partial charge in [-0.1, -0.05) is 83.8 Å². The van der Waals surface area contributed by atoms with Crippen molar-refractivity contribution in [2.75, 3.05) is 0 Å². The van der Waals surface area contributed by atoms with Crippen LogP contribution in [0.3, 0.4) is 0 Å². The topological polar surface area (TPSA) is 63.6 Å². The first kappa shape index (κ1) is 26.8. The van der Waals surface area contributed by atoms with Gasteiger partial charge in [-0.15, -0.1) is 0 Å². The van der Waals surface area contributed by atoms with Crippen molar-refractivity contribution in [2.45, 2.75) is 123 Å². The molecule has 164 valence electrons. The number of carbonyl (C=O) groups is 2. The van der Waals surface area contributed by atoms with Crippen LogP contribution in [0.15, 0.2) is 12.2 Å². The lowest BCUT2D eigenvalue weighted by Gasteiger charge is -2.14. The molecule has 1 N–H and O–H groups in total. The maximum Gasteiger partial charge on any atom is 0.316 e. The van der Waals surface area contributed by atoms with E-state index in [4.69, 9.17) is 4.74 Å². The molecule has 1 unspecified atom stereocenters. The van der Waals surface area contributed by atoms with Crippen LogP contribution in [0, 0.1) is 5.92 Å². The van der Waals surface area contributed by atoms with Gasteiger partial charge in [-0.25, -0.2) is 0 Å². The normalized spacial score (nSPS) is 13.6. The van der Waals surface area contributed by atoms with E-state index in [1.807, 2.05) is 0 Å². The smallest absolute Gasteiger partial charge is 0.316 e. The Morgan fingerprint density at radius 1 is 0.821 bits per heavy atom. The largest absolute Gasteiger partial charge is 0.393 e. The van der Waals surface area contributed by atoms with Gasteiger partial charge in [0.05, 0.1) is 12.0 Å². The van der Waals surface area contributed by atoms with Gasteiger partial charge in [0.2, 0.25) is 0 Å². The second-order valence-electron chi connectivity index (χ2n) is 7.95. The van der Waals surface area contributed by atoms with E-state index in [9.17, 15) is 14.7 Å². The molecule has 0 aliphatic carbocycles. The first-order valence-corrected chi connectivity index (χ1v) is 11.6. The summed E-state index contributed by atoms with van der Waals surface area (Å²) in [6.45, 7) is 5.59. The highest BCUT2D eigenvalue weighted by Crippen LogP contribution is 2.19. The van der Waals surface area contributed by atoms with Gasteiger partial charge >= 0.3 is 11.9 Å². The van der Waals surface area contributed by atoms with Crippen molar-refractivity contribution >= 4 is 11.9 Å². The van der Waals surface area contributed by atoms with Crippen LogP contribution in [0.1, 0.15) is 117 Å². The van der Waals surface area contributed by atoms with Crippen molar-refractivity contribution in [3.8, 4) is 0 Å². The van der Waals surface area contributed by atoms with Gasteiger partial charge in [0.15, 0.2) is 0 Å². The maximum absolute atomic E-state index is 12.0. The highest BCUT2D eigenvalue weighted by molar-refractivity contribution is 5.85. The molecule has 0 aliphatic heterocycles. The Kier molecular flexibility index (Phi) is 18.4. The number of aliphatic hydroxyl groups excluding tert-OH is 1. The fraction of sp³-hybridized carbons (Fsp3) is 0.833. The van der Waals surface area contributed by atoms with Gasteiger partial charge in [0, 0.05) is 6.92 Å². The molecule has 0 heterocycles. The summed E-state index contributed by atoms with van der Waals surface area (Å²) in [5.74, 6) is -0.996. The van der Waals surface area contributed by atoms with Crippen LogP contribution in [-0.4, -0.2) is 23.1 Å². The van der Waals surface area contributed by atoms with E-state index in [1.54, 1.807) is 0 Å². The Morgan fingerprint density at radius 3 is 2.11 bits per heavy atom. The molecule has 0 amide bonds. The average molecular weight is 397 g/mol. The second kappa shape index (κ2) is 19.2. The van der Waals surface area contributed by atoms with Gasteiger partial charge in [0.1, 0.15) is 0 Å². The van der Waals surface area contributed by atoms with E-state index in [0.717, 1.165) is 77.0 Å².